The number of aromatic nitrogens is 3. The quantitative estimate of drug-likeness (QED) is 0.633. The van der Waals surface area contributed by atoms with Crippen molar-refractivity contribution in [2.24, 2.45) is 5.73 Å². The Labute approximate surface area is 164 Å². The smallest absolute Gasteiger partial charge is 0.346 e. The first-order valence-electron chi connectivity index (χ1n) is 8.58. The molecule has 0 bridgehead atoms. The largest absolute Gasteiger partial charge is 0.355 e. The van der Waals surface area contributed by atoms with Crippen LogP contribution in [0.25, 0.3) is 10.4 Å². The molecule has 0 aliphatic carbocycles. The number of carbonyl (C=O) groups is 1. The Kier molecular flexibility index (Phi) is 6.17. The summed E-state index contributed by atoms with van der Waals surface area (Å²) in [5.74, 6) is -0.153. The lowest BCUT2D eigenvalue weighted by molar-refractivity contribution is 0.0964. The second kappa shape index (κ2) is 8.77. The van der Waals surface area contributed by atoms with Crippen LogP contribution in [0.1, 0.15) is 15.2 Å². The van der Waals surface area contributed by atoms with E-state index in [4.69, 9.17) is 5.73 Å². The fourth-order valence-electron chi connectivity index (χ4n) is 2.73. The standard InChI is InChI=1S/C19H20FN5O2S/c1-22-18(26)16-5-3-2-4-15(16)17-7-6-14(28-17)11-24-12-23-25(19(24)27)10-13(8-20)9-21/h2-8,12H,9-11,21H2,1H3,(H,22,26)/b13-8+. The molecule has 2 heterocycles. The number of nitrogens with two attached hydrogens (primary N) is 1. The zero-order valence-corrected chi connectivity index (χ0v) is 16.1. The Hall–Kier alpha value is -3.04. The molecule has 0 atom stereocenters. The summed E-state index contributed by atoms with van der Waals surface area (Å²) in [7, 11) is 1.59. The molecule has 0 aliphatic heterocycles. The summed E-state index contributed by atoms with van der Waals surface area (Å²) < 4.78 is 15.3. The highest BCUT2D eigenvalue weighted by molar-refractivity contribution is 7.15. The third kappa shape index (κ3) is 4.10. The lowest BCUT2D eigenvalue weighted by Crippen LogP contribution is -2.26. The number of hydrogen-bond acceptors (Lipinski definition) is 5. The molecule has 0 saturated heterocycles. The summed E-state index contributed by atoms with van der Waals surface area (Å²) in [4.78, 5) is 26.4. The SMILES string of the molecule is CNC(=O)c1ccccc1-c1ccc(Cn2cnn(C/C(=C/F)CN)c2=O)s1. The second-order valence-electron chi connectivity index (χ2n) is 6.06. The third-order valence-electron chi connectivity index (χ3n) is 4.22. The zero-order valence-electron chi connectivity index (χ0n) is 15.3. The predicted molar refractivity (Wildman–Crippen MR) is 107 cm³/mol. The Bertz CT molecular complexity index is 1070. The van der Waals surface area contributed by atoms with Gasteiger partial charge in [0.15, 0.2) is 0 Å². The molecule has 0 radical (unpaired) electrons. The van der Waals surface area contributed by atoms with Crippen LogP contribution in [0.3, 0.4) is 0 Å². The lowest BCUT2D eigenvalue weighted by atomic mass is 10.1. The van der Waals surface area contributed by atoms with Crippen molar-refractivity contribution in [3.05, 3.63) is 75.6 Å². The first-order valence-corrected chi connectivity index (χ1v) is 9.39. The first kappa shape index (κ1) is 19.7. The Balaban J connectivity index is 1.83. The van der Waals surface area contributed by atoms with Crippen LogP contribution in [0, 0.1) is 0 Å². The average Bonchev–Trinajstić information content (AvgIpc) is 3.33. The monoisotopic (exact) mass is 401 g/mol. The van der Waals surface area contributed by atoms with Gasteiger partial charge in [0.1, 0.15) is 6.33 Å². The van der Waals surface area contributed by atoms with Crippen molar-refractivity contribution < 1.29 is 9.18 Å². The van der Waals surface area contributed by atoms with Gasteiger partial charge in [-0.1, -0.05) is 18.2 Å². The third-order valence-corrected chi connectivity index (χ3v) is 5.32. The van der Waals surface area contributed by atoms with E-state index >= 15 is 0 Å². The topological polar surface area (TPSA) is 94.9 Å². The minimum atomic E-state index is -0.339. The summed E-state index contributed by atoms with van der Waals surface area (Å²) in [5.41, 5.74) is 6.81. The van der Waals surface area contributed by atoms with Crippen LogP contribution in [0.15, 0.2) is 59.4 Å². The minimum absolute atomic E-state index is 0.0219. The molecule has 0 unspecified atom stereocenters. The van der Waals surface area contributed by atoms with E-state index in [1.807, 2.05) is 30.3 Å². The van der Waals surface area contributed by atoms with Crippen molar-refractivity contribution in [1.82, 2.24) is 19.7 Å². The summed E-state index contributed by atoms with van der Waals surface area (Å²) in [6.07, 6.45) is 1.83. The molecule has 0 spiro atoms. The maximum Gasteiger partial charge on any atom is 0.346 e. The van der Waals surface area contributed by atoms with Crippen LogP contribution >= 0.6 is 11.3 Å². The van der Waals surface area contributed by atoms with Gasteiger partial charge in [0.05, 0.1) is 19.4 Å². The number of amides is 1. The van der Waals surface area contributed by atoms with Gasteiger partial charge in [-0.25, -0.2) is 13.9 Å². The molecule has 1 aromatic carbocycles. The molecule has 0 aliphatic rings. The minimum Gasteiger partial charge on any atom is -0.355 e. The van der Waals surface area contributed by atoms with Gasteiger partial charge in [-0.2, -0.15) is 5.10 Å². The molecule has 1 amide bonds. The van der Waals surface area contributed by atoms with E-state index in [-0.39, 0.29) is 30.3 Å². The highest BCUT2D eigenvalue weighted by atomic mass is 32.1. The zero-order chi connectivity index (χ0) is 20.1. The molecule has 7 nitrogen and oxygen atoms in total. The van der Waals surface area contributed by atoms with Crippen LogP contribution < -0.4 is 16.7 Å². The van der Waals surface area contributed by atoms with Crippen molar-refractivity contribution in [3.63, 3.8) is 0 Å². The molecular formula is C19H20FN5O2S. The number of carbonyl (C=O) groups excluding carboxylic acids is 1. The molecule has 146 valence electrons. The lowest BCUT2D eigenvalue weighted by Gasteiger charge is -2.06. The molecule has 0 fully saturated rings. The number of nitrogens with zero attached hydrogens (tertiary/aromatic N) is 3. The van der Waals surface area contributed by atoms with Gasteiger partial charge in [0.25, 0.3) is 5.91 Å². The Morgan fingerprint density at radius 1 is 1.32 bits per heavy atom. The van der Waals surface area contributed by atoms with Crippen molar-refractivity contribution in [2.45, 2.75) is 13.1 Å². The maximum absolute atomic E-state index is 12.7. The van der Waals surface area contributed by atoms with E-state index in [1.165, 1.54) is 26.9 Å². The summed E-state index contributed by atoms with van der Waals surface area (Å²) in [6.45, 7) is 0.381. The van der Waals surface area contributed by atoms with E-state index in [0.29, 0.717) is 18.4 Å². The molecule has 9 heteroatoms. The molecule has 3 rings (SSSR count). The Morgan fingerprint density at radius 3 is 2.82 bits per heavy atom. The van der Waals surface area contributed by atoms with E-state index in [1.54, 1.807) is 13.1 Å². The van der Waals surface area contributed by atoms with Crippen LogP contribution in [0.4, 0.5) is 4.39 Å². The van der Waals surface area contributed by atoms with Gasteiger partial charge in [0, 0.05) is 34.5 Å². The second-order valence-corrected chi connectivity index (χ2v) is 7.23. The number of hydrogen-bond donors (Lipinski definition) is 2. The van der Waals surface area contributed by atoms with Gasteiger partial charge in [-0.15, -0.1) is 11.3 Å². The van der Waals surface area contributed by atoms with Crippen LogP contribution in [-0.2, 0) is 13.1 Å². The van der Waals surface area contributed by atoms with Gasteiger partial charge >= 0.3 is 5.69 Å². The van der Waals surface area contributed by atoms with E-state index in [0.717, 1.165) is 15.3 Å². The number of nitrogens with one attached hydrogen (secondary N) is 1. The predicted octanol–water partition coefficient (Wildman–Crippen LogP) is 1.99. The first-order chi connectivity index (χ1) is 13.6. The number of halogens is 1. The molecule has 0 saturated carbocycles. The fraction of sp³-hybridized carbons (Fsp3) is 0.211. The van der Waals surface area contributed by atoms with Crippen LogP contribution in [-0.4, -0.2) is 33.8 Å². The van der Waals surface area contributed by atoms with Gasteiger partial charge in [-0.3, -0.25) is 9.36 Å². The van der Waals surface area contributed by atoms with E-state index in [2.05, 4.69) is 10.4 Å². The highest BCUT2D eigenvalue weighted by Crippen LogP contribution is 2.31. The van der Waals surface area contributed by atoms with Crippen molar-refractivity contribution in [2.75, 3.05) is 13.6 Å². The summed E-state index contributed by atoms with van der Waals surface area (Å²) in [6, 6.07) is 11.2. The number of benzene rings is 1. The van der Waals surface area contributed by atoms with E-state index < -0.39 is 0 Å². The van der Waals surface area contributed by atoms with Crippen LogP contribution in [0.2, 0.25) is 0 Å². The van der Waals surface area contributed by atoms with Crippen molar-refractivity contribution in [1.29, 1.82) is 0 Å². The summed E-state index contributed by atoms with van der Waals surface area (Å²) >= 11 is 1.50. The summed E-state index contributed by atoms with van der Waals surface area (Å²) in [5, 5.41) is 6.66. The van der Waals surface area contributed by atoms with Crippen molar-refractivity contribution in [3.8, 4) is 10.4 Å². The van der Waals surface area contributed by atoms with Gasteiger partial charge in [0.2, 0.25) is 0 Å². The number of thiophene rings is 1. The normalized spacial score (nSPS) is 11.6. The molecule has 3 aromatic rings. The average molecular weight is 401 g/mol. The highest BCUT2D eigenvalue weighted by Gasteiger charge is 2.14. The maximum atomic E-state index is 12.7. The van der Waals surface area contributed by atoms with E-state index in [9.17, 15) is 14.0 Å². The van der Waals surface area contributed by atoms with Crippen molar-refractivity contribution >= 4 is 17.2 Å². The molecular weight excluding hydrogens is 381 g/mol. The fourth-order valence-corrected chi connectivity index (χ4v) is 3.78. The van der Waals surface area contributed by atoms with Gasteiger partial charge < -0.3 is 11.1 Å². The molecule has 28 heavy (non-hydrogen) atoms. The Morgan fingerprint density at radius 2 is 2.11 bits per heavy atom. The van der Waals surface area contributed by atoms with Crippen LogP contribution in [0.5, 0.6) is 0 Å². The molecule has 3 N–H and O–H groups in total. The number of rotatable bonds is 7. The van der Waals surface area contributed by atoms with Gasteiger partial charge in [-0.05, 0) is 23.8 Å². The molecule has 2 aromatic heterocycles.